The predicted molar refractivity (Wildman–Crippen MR) is 71.4 cm³/mol. The number of ketones is 1. The fraction of sp³-hybridized carbons (Fsp3) is 0.400. The summed E-state index contributed by atoms with van der Waals surface area (Å²) >= 11 is 0. The maximum atomic E-state index is 10.9. The van der Waals surface area contributed by atoms with Crippen molar-refractivity contribution in [3.8, 4) is 0 Å². The number of H-pyrrole nitrogens is 1. The van der Waals surface area contributed by atoms with E-state index in [1.165, 1.54) is 27.6 Å². The van der Waals surface area contributed by atoms with Gasteiger partial charge in [0, 0.05) is 23.5 Å². The van der Waals surface area contributed by atoms with Crippen LogP contribution >= 0.6 is 0 Å². The summed E-state index contributed by atoms with van der Waals surface area (Å²) in [4.78, 5) is 14.3. The molecule has 90 valence electrons. The molecule has 2 heteroatoms. The van der Waals surface area contributed by atoms with E-state index in [0.717, 1.165) is 12.8 Å². The lowest BCUT2D eigenvalue weighted by atomic mass is 10.0. The second-order valence-electron chi connectivity index (χ2n) is 4.87. The van der Waals surface area contributed by atoms with Crippen LogP contribution in [0.5, 0.6) is 0 Å². The summed E-state index contributed by atoms with van der Waals surface area (Å²) in [6.07, 6.45) is 4.67. The van der Waals surface area contributed by atoms with Crippen molar-refractivity contribution in [3.05, 3.63) is 35.0 Å². The molecular weight excluding hydrogens is 210 g/mol. The highest BCUT2D eigenvalue weighted by Gasteiger charge is 2.06. The average Bonchev–Trinajstić information content (AvgIpc) is 2.61. The lowest BCUT2D eigenvalue weighted by molar-refractivity contribution is -0.117. The summed E-state index contributed by atoms with van der Waals surface area (Å²) in [5.41, 5.74) is 5.14. The molecule has 0 atom stereocenters. The lowest BCUT2D eigenvalue weighted by Gasteiger charge is -2.02. The molecule has 1 N–H and O–H groups in total. The number of aryl methyl sites for hydroxylation is 3. The van der Waals surface area contributed by atoms with Gasteiger partial charge in [-0.1, -0.05) is 11.6 Å². The van der Waals surface area contributed by atoms with E-state index in [1.54, 1.807) is 6.92 Å². The molecule has 0 radical (unpaired) electrons. The number of carbonyl (C=O) groups excluding carboxylic acids is 1. The fourth-order valence-corrected chi connectivity index (χ4v) is 2.38. The number of aromatic nitrogens is 1. The maximum absolute atomic E-state index is 10.9. The lowest BCUT2D eigenvalue weighted by Crippen LogP contribution is -1.92. The number of fused-ring (bicyclic) bond motifs is 1. The van der Waals surface area contributed by atoms with Crippen LogP contribution in [0.25, 0.3) is 10.9 Å². The second kappa shape index (κ2) is 4.74. The number of hydrogen-bond acceptors (Lipinski definition) is 1. The molecule has 0 aliphatic carbocycles. The van der Waals surface area contributed by atoms with Gasteiger partial charge in [0.25, 0.3) is 0 Å². The van der Waals surface area contributed by atoms with Crippen LogP contribution in [0.2, 0.25) is 0 Å². The van der Waals surface area contributed by atoms with Gasteiger partial charge in [-0.3, -0.25) is 0 Å². The Labute approximate surface area is 102 Å². The number of Topliss-reactive ketones (excluding diaryl/α,β-unsaturated/α-hetero) is 1. The molecule has 2 rings (SSSR count). The van der Waals surface area contributed by atoms with Gasteiger partial charge in [0.15, 0.2) is 0 Å². The fourth-order valence-electron chi connectivity index (χ4n) is 2.38. The molecule has 1 aromatic carbocycles. The Kier molecular flexibility index (Phi) is 3.32. The Hall–Kier alpha value is -1.57. The maximum Gasteiger partial charge on any atom is 0.129 e. The van der Waals surface area contributed by atoms with Gasteiger partial charge in [0.05, 0.1) is 0 Å². The topological polar surface area (TPSA) is 32.9 Å². The SMILES string of the molecule is CC(=O)CCCc1c[nH]c2c(C)cc(C)cc12. The first kappa shape index (κ1) is 11.9. The van der Waals surface area contributed by atoms with Crippen LogP contribution in [0.4, 0.5) is 0 Å². The molecule has 0 bridgehead atoms. The molecule has 2 nitrogen and oxygen atoms in total. The summed E-state index contributed by atoms with van der Waals surface area (Å²) < 4.78 is 0. The average molecular weight is 229 g/mol. The van der Waals surface area contributed by atoms with Crippen molar-refractivity contribution in [1.29, 1.82) is 0 Å². The van der Waals surface area contributed by atoms with Crippen LogP contribution in [0.3, 0.4) is 0 Å². The third-order valence-corrected chi connectivity index (χ3v) is 3.19. The van der Waals surface area contributed by atoms with Gasteiger partial charge in [-0.25, -0.2) is 0 Å². The number of hydrogen-bond donors (Lipinski definition) is 1. The van der Waals surface area contributed by atoms with E-state index >= 15 is 0 Å². The number of nitrogens with one attached hydrogen (secondary N) is 1. The molecule has 0 saturated carbocycles. The van der Waals surface area contributed by atoms with Crippen molar-refractivity contribution in [2.24, 2.45) is 0 Å². The van der Waals surface area contributed by atoms with E-state index < -0.39 is 0 Å². The zero-order valence-corrected chi connectivity index (χ0v) is 10.8. The predicted octanol–water partition coefficient (Wildman–Crippen LogP) is 3.70. The quantitative estimate of drug-likeness (QED) is 0.852. The molecule has 0 saturated heterocycles. The van der Waals surface area contributed by atoms with Crippen LogP contribution in [-0.2, 0) is 11.2 Å². The number of rotatable bonds is 4. The molecule has 1 aromatic heterocycles. The largest absolute Gasteiger partial charge is 0.361 e. The first-order valence-electron chi connectivity index (χ1n) is 6.14. The van der Waals surface area contributed by atoms with Crippen LogP contribution in [-0.4, -0.2) is 10.8 Å². The third-order valence-electron chi connectivity index (χ3n) is 3.19. The zero-order chi connectivity index (χ0) is 12.4. The molecule has 0 amide bonds. The molecule has 1 heterocycles. The second-order valence-corrected chi connectivity index (χ2v) is 4.87. The zero-order valence-electron chi connectivity index (χ0n) is 10.8. The van der Waals surface area contributed by atoms with E-state index in [9.17, 15) is 4.79 Å². The van der Waals surface area contributed by atoms with Gasteiger partial charge >= 0.3 is 0 Å². The minimum Gasteiger partial charge on any atom is -0.361 e. The minimum atomic E-state index is 0.275. The highest BCUT2D eigenvalue weighted by molar-refractivity contribution is 5.86. The Bertz CT molecular complexity index is 551. The summed E-state index contributed by atoms with van der Waals surface area (Å²) in [5, 5.41) is 1.31. The summed E-state index contributed by atoms with van der Waals surface area (Å²) in [6.45, 7) is 5.91. The van der Waals surface area contributed by atoms with E-state index in [4.69, 9.17) is 0 Å². The van der Waals surface area contributed by atoms with Gasteiger partial charge in [0.2, 0.25) is 0 Å². The normalized spacial score (nSPS) is 11.0. The Morgan fingerprint density at radius 1 is 1.29 bits per heavy atom. The van der Waals surface area contributed by atoms with Gasteiger partial charge in [-0.05, 0) is 50.8 Å². The molecule has 0 aliphatic rings. The summed E-state index contributed by atoms with van der Waals surface area (Å²) in [6, 6.07) is 4.42. The van der Waals surface area contributed by atoms with Crippen molar-refractivity contribution in [2.45, 2.75) is 40.0 Å². The van der Waals surface area contributed by atoms with Crippen molar-refractivity contribution in [2.75, 3.05) is 0 Å². The van der Waals surface area contributed by atoms with Crippen LogP contribution in [0, 0.1) is 13.8 Å². The molecular formula is C15H19NO. The van der Waals surface area contributed by atoms with Crippen LogP contribution in [0.1, 0.15) is 36.5 Å². The first-order chi connectivity index (χ1) is 8.08. The third kappa shape index (κ3) is 2.57. The standard InChI is InChI=1S/C15H19NO/c1-10-7-11(2)15-14(8-10)13(9-16-15)6-4-5-12(3)17/h7-9,16H,4-6H2,1-3H3. The van der Waals surface area contributed by atoms with E-state index in [2.05, 4.69) is 37.2 Å². The molecule has 0 aliphatic heterocycles. The van der Waals surface area contributed by atoms with Crippen LogP contribution < -0.4 is 0 Å². The van der Waals surface area contributed by atoms with Crippen molar-refractivity contribution in [3.63, 3.8) is 0 Å². The van der Waals surface area contributed by atoms with Crippen molar-refractivity contribution >= 4 is 16.7 Å². The summed E-state index contributed by atoms with van der Waals surface area (Å²) in [7, 11) is 0. The smallest absolute Gasteiger partial charge is 0.129 e. The summed E-state index contributed by atoms with van der Waals surface area (Å²) in [5.74, 6) is 0.275. The first-order valence-corrected chi connectivity index (χ1v) is 6.14. The van der Waals surface area contributed by atoms with E-state index in [0.29, 0.717) is 6.42 Å². The van der Waals surface area contributed by atoms with Crippen molar-refractivity contribution < 1.29 is 4.79 Å². The van der Waals surface area contributed by atoms with Gasteiger partial charge in [-0.2, -0.15) is 0 Å². The van der Waals surface area contributed by atoms with Gasteiger partial charge < -0.3 is 9.78 Å². The molecule has 0 spiro atoms. The van der Waals surface area contributed by atoms with Crippen LogP contribution in [0.15, 0.2) is 18.3 Å². The Morgan fingerprint density at radius 2 is 2.06 bits per heavy atom. The van der Waals surface area contributed by atoms with Gasteiger partial charge in [-0.15, -0.1) is 0 Å². The monoisotopic (exact) mass is 229 g/mol. The highest BCUT2D eigenvalue weighted by atomic mass is 16.1. The highest BCUT2D eigenvalue weighted by Crippen LogP contribution is 2.24. The molecule has 17 heavy (non-hydrogen) atoms. The van der Waals surface area contributed by atoms with Crippen molar-refractivity contribution in [1.82, 2.24) is 4.98 Å². The minimum absolute atomic E-state index is 0.275. The molecule has 2 aromatic rings. The Morgan fingerprint density at radius 3 is 2.76 bits per heavy atom. The van der Waals surface area contributed by atoms with Gasteiger partial charge in [0.1, 0.15) is 5.78 Å². The number of carbonyl (C=O) groups is 1. The number of benzene rings is 1. The van der Waals surface area contributed by atoms with E-state index in [-0.39, 0.29) is 5.78 Å². The number of aromatic amines is 1. The van der Waals surface area contributed by atoms with E-state index in [1.807, 2.05) is 0 Å². The molecule has 0 fully saturated rings. The molecule has 0 unspecified atom stereocenters. The Balaban J connectivity index is 2.26.